The van der Waals surface area contributed by atoms with Crippen LogP contribution in [0.5, 0.6) is 0 Å². The zero-order valence-corrected chi connectivity index (χ0v) is 20.3. The summed E-state index contributed by atoms with van der Waals surface area (Å²) in [7, 11) is 0. The summed E-state index contributed by atoms with van der Waals surface area (Å²) in [6, 6.07) is 9.23. The van der Waals surface area contributed by atoms with Crippen LogP contribution in [-0.4, -0.2) is 16.4 Å². The molecule has 1 aliphatic carbocycles. The van der Waals surface area contributed by atoms with Crippen molar-refractivity contribution < 1.29 is 22.8 Å². The molecule has 0 saturated carbocycles. The van der Waals surface area contributed by atoms with Crippen molar-refractivity contribution in [1.29, 1.82) is 0 Å². The lowest BCUT2D eigenvalue weighted by atomic mass is 9.62. The van der Waals surface area contributed by atoms with Crippen molar-refractivity contribution in [3.05, 3.63) is 64.2 Å². The summed E-state index contributed by atoms with van der Waals surface area (Å²) in [5.41, 5.74) is 1.44. The Bertz CT molecular complexity index is 1140. The lowest BCUT2D eigenvalue weighted by Crippen LogP contribution is -2.40. The van der Waals surface area contributed by atoms with Crippen LogP contribution in [0.4, 0.5) is 23.7 Å². The highest BCUT2D eigenvalue weighted by molar-refractivity contribution is 8.27. The maximum absolute atomic E-state index is 14.3. The van der Waals surface area contributed by atoms with E-state index in [1.54, 1.807) is 0 Å². The molecule has 33 heavy (non-hydrogen) atoms. The monoisotopic (exact) mass is 475 g/mol. The van der Waals surface area contributed by atoms with Gasteiger partial charge in [-0.15, -0.1) is 0 Å². The van der Waals surface area contributed by atoms with Gasteiger partial charge in [0.1, 0.15) is 6.04 Å². The summed E-state index contributed by atoms with van der Waals surface area (Å²) in [6.07, 6.45) is -2.89. The third-order valence-corrected chi connectivity index (χ3v) is 7.86. The van der Waals surface area contributed by atoms with Crippen LogP contribution >= 0.6 is 11.8 Å². The Balaban J connectivity index is 1.90. The Morgan fingerprint density at radius 1 is 1.00 bits per heavy atom. The highest BCUT2D eigenvalue weighted by Gasteiger charge is 2.47. The second-order valence-corrected chi connectivity index (χ2v) is 11.4. The van der Waals surface area contributed by atoms with Gasteiger partial charge in [-0.25, -0.2) is 0 Å². The van der Waals surface area contributed by atoms with E-state index >= 15 is 0 Å². The number of rotatable bonds is 3. The molecule has 0 radical (unpaired) electrons. The second-order valence-electron chi connectivity index (χ2n) is 10.4. The molecule has 2 aliphatic rings. The fraction of sp³-hybridized carbons (Fsp3) is 0.462. The van der Waals surface area contributed by atoms with Crippen LogP contribution in [0, 0.1) is 6.92 Å². The summed E-state index contributed by atoms with van der Waals surface area (Å²) in [5, 5.41) is -1.08. The van der Waals surface area contributed by atoms with Gasteiger partial charge in [0.15, 0.2) is 0 Å². The number of hydrogen-bond acceptors (Lipinski definition) is 3. The zero-order chi connectivity index (χ0) is 24.3. The maximum Gasteiger partial charge on any atom is 0.418 e. The molecule has 1 fully saturated rings. The number of aryl methyl sites for hydroxylation is 1. The van der Waals surface area contributed by atoms with Crippen molar-refractivity contribution in [3.63, 3.8) is 0 Å². The minimum Gasteiger partial charge on any atom is -0.291 e. The molecule has 1 amide bonds. The van der Waals surface area contributed by atoms with E-state index in [4.69, 9.17) is 0 Å². The van der Waals surface area contributed by atoms with E-state index in [9.17, 15) is 22.8 Å². The SMILES string of the molecule is Cc1cccc(CC2C(=O)SC(=O)N2c2cc3c(cc2C(F)(F)F)C(C)(C)CCC3(C)C)c1. The van der Waals surface area contributed by atoms with Gasteiger partial charge in [0.2, 0.25) is 5.12 Å². The standard InChI is InChI=1S/C26H28F3NO2S/c1-15-7-6-8-16(11-15)12-21-22(31)33-23(32)30(21)20-14-18-17(13-19(20)26(27,28)29)24(2,3)9-10-25(18,4)5/h6-8,11,13-14,21H,9-10,12H2,1-5H3. The van der Waals surface area contributed by atoms with Crippen LogP contribution in [-0.2, 0) is 28.2 Å². The molecule has 0 spiro atoms. The quantitative estimate of drug-likeness (QED) is 0.472. The van der Waals surface area contributed by atoms with Gasteiger partial charge in [-0.3, -0.25) is 14.5 Å². The Labute approximate surface area is 196 Å². The predicted molar refractivity (Wildman–Crippen MR) is 126 cm³/mol. The summed E-state index contributed by atoms with van der Waals surface area (Å²) < 4.78 is 43.0. The molecule has 4 rings (SSSR count). The van der Waals surface area contributed by atoms with E-state index < -0.39 is 33.6 Å². The Morgan fingerprint density at radius 3 is 2.18 bits per heavy atom. The summed E-state index contributed by atoms with van der Waals surface area (Å²) in [5.74, 6) is 0. The molecule has 176 valence electrons. The number of amides is 1. The van der Waals surface area contributed by atoms with Crippen molar-refractivity contribution >= 4 is 27.8 Å². The van der Waals surface area contributed by atoms with E-state index in [1.165, 1.54) is 12.1 Å². The van der Waals surface area contributed by atoms with Crippen molar-refractivity contribution in [1.82, 2.24) is 0 Å². The number of carbonyl (C=O) groups is 2. The first-order chi connectivity index (χ1) is 15.2. The molecule has 2 aromatic carbocycles. The molecular weight excluding hydrogens is 447 g/mol. The summed E-state index contributed by atoms with van der Waals surface area (Å²) in [4.78, 5) is 26.7. The number of anilines is 1. The first kappa shape index (κ1) is 23.9. The molecular formula is C26H28F3NO2S. The average molecular weight is 476 g/mol. The van der Waals surface area contributed by atoms with Crippen molar-refractivity contribution in [2.75, 3.05) is 4.90 Å². The number of nitrogens with zero attached hydrogens (tertiary/aromatic N) is 1. The molecule has 1 saturated heterocycles. The Morgan fingerprint density at radius 2 is 1.61 bits per heavy atom. The van der Waals surface area contributed by atoms with Crippen LogP contribution in [0.15, 0.2) is 36.4 Å². The predicted octanol–water partition coefficient (Wildman–Crippen LogP) is 7.17. The average Bonchev–Trinajstić information content (AvgIpc) is 2.97. The van der Waals surface area contributed by atoms with E-state index in [0.717, 1.165) is 34.4 Å². The number of carbonyl (C=O) groups excluding carboxylic acids is 2. The zero-order valence-electron chi connectivity index (χ0n) is 19.5. The highest BCUT2D eigenvalue weighted by Crippen LogP contribution is 2.51. The largest absolute Gasteiger partial charge is 0.418 e. The van der Waals surface area contributed by atoms with Crippen LogP contribution in [0.1, 0.15) is 68.4 Å². The lowest BCUT2D eigenvalue weighted by molar-refractivity contribution is -0.137. The molecule has 0 aromatic heterocycles. The van der Waals surface area contributed by atoms with Gasteiger partial charge in [0, 0.05) is 18.2 Å². The van der Waals surface area contributed by atoms with Crippen LogP contribution < -0.4 is 4.90 Å². The van der Waals surface area contributed by atoms with Gasteiger partial charge in [0.05, 0.1) is 11.3 Å². The number of benzene rings is 2. The van der Waals surface area contributed by atoms with Gasteiger partial charge in [-0.05, 0) is 59.4 Å². The van der Waals surface area contributed by atoms with E-state index in [2.05, 4.69) is 0 Å². The lowest BCUT2D eigenvalue weighted by Gasteiger charge is -2.43. The number of halogens is 3. The molecule has 1 atom stereocenters. The smallest absolute Gasteiger partial charge is 0.291 e. The fourth-order valence-corrected chi connectivity index (χ4v) is 5.79. The van der Waals surface area contributed by atoms with Crippen LogP contribution in [0.25, 0.3) is 0 Å². The minimum atomic E-state index is -4.66. The molecule has 0 N–H and O–H groups in total. The summed E-state index contributed by atoms with van der Waals surface area (Å²) >= 11 is 0.492. The van der Waals surface area contributed by atoms with Crippen molar-refractivity contribution in [3.8, 4) is 0 Å². The minimum absolute atomic E-state index is 0.169. The first-order valence-electron chi connectivity index (χ1n) is 11.1. The number of thioether (sulfide) groups is 1. The molecule has 1 heterocycles. The number of hydrogen-bond donors (Lipinski definition) is 0. The molecule has 1 aliphatic heterocycles. The number of alkyl halides is 3. The molecule has 3 nitrogen and oxygen atoms in total. The van der Waals surface area contributed by atoms with E-state index in [1.807, 2.05) is 58.9 Å². The van der Waals surface area contributed by atoms with Gasteiger partial charge >= 0.3 is 6.18 Å². The topological polar surface area (TPSA) is 37.4 Å². The number of fused-ring (bicyclic) bond motifs is 1. The maximum atomic E-state index is 14.3. The normalized spacial score (nSPS) is 21.9. The third kappa shape index (κ3) is 4.32. The van der Waals surface area contributed by atoms with Crippen molar-refractivity contribution in [2.24, 2.45) is 0 Å². The Kier molecular flexibility index (Phi) is 5.71. The molecule has 0 bridgehead atoms. The second kappa shape index (κ2) is 7.90. The van der Waals surface area contributed by atoms with Gasteiger partial charge in [-0.1, -0.05) is 57.5 Å². The van der Waals surface area contributed by atoms with Gasteiger partial charge in [-0.2, -0.15) is 13.2 Å². The fourth-order valence-electron chi connectivity index (χ4n) is 4.97. The van der Waals surface area contributed by atoms with Gasteiger partial charge in [0.25, 0.3) is 5.24 Å². The summed E-state index contributed by atoms with van der Waals surface area (Å²) in [6.45, 7) is 9.87. The third-order valence-electron chi connectivity index (χ3n) is 7.01. The Hall–Kier alpha value is -2.28. The van der Waals surface area contributed by atoms with E-state index in [-0.39, 0.29) is 17.5 Å². The highest BCUT2D eigenvalue weighted by atomic mass is 32.2. The first-order valence-corrected chi connectivity index (χ1v) is 11.9. The van der Waals surface area contributed by atoms with E-state index in [0.29, 0.717) is 17.3 Å². The van der Waals surface area contributed by atoms with Gasteiger partial charge < -0.3 is 0 Å². The van der Waals surface area contributed by atoms with Crippen molar-refractivity contribution in [2.45, 2.75) is 76.9 Å². The van der Waals surface area contributed by atoms with Crippen LogP contribution in [0.2, 0.25) is 0 Å². The van der Waals surface area contributed by atoms with Crippen LogP contribution in [0.3, 0.4) is 0 Å². The molecule has 7 heteroatoms. The molecule has 1 unspecified atom stereocenters. The molecule has 2 aromatic rings.